The monoisotopic (exact) mass is 637 g/mol. The van der Waals surface area contributed by atoms with E-state index in [1.54, 1.807) is 0 Å². The van der Waals surface area contributed by atoms with Gasteiger partial charge in [0.05, 0.1) is 17.3 Å². The summed E-state index contributed by atoms with van der Waals surface area (Å²) >= 11 is 0. The average Bonchev–Trinajstić information content (AvgIpc) is 3.83. The number of allylic oxidation sites excluding steroid dienone is 1. The zero-order valence-electron chi connectivity index (χ0n) is 27.0. The Morgan fingerprint density at radius 1 is 0.620 bits per heavy atom. The number of rotatable bonds is 2. The number of para-hydroxylation sites is 2. The van der Waals surface area contributed by atoms with Gasteiger partial charge in [-0.25, -0.2) is 0 Å². The summed E-state index contributed by atoms with van der Waals surface area (Å²) in [5, 5.41) is 2.23. The summed E-state index contributed by atoms with van der Waals surface area (Å²) in [6, 6.07) is 48.2. The molecule has 6 aromatic carbocycles. The predicted octanol–water partition coefficient (Wildman–Crippen LogP) is 8.51. The lowest BCUT2D eigenvalue weighted by Gasteiger charge is -2.46. The Balaban J connectivity index is 1.23. The zero-order chi connectivity index (χ0) is 32.7. The molecule has 4 aliphatic rings. The van der Waals surface area contributed by atoms with Gasteiger partial charge in [-0.2, -0.15) is 0 Å². The molecule has 5 heterocycles. The largest absolute Gasteiger partial charge is 0.456 e. The van der Waals surface area contributed by atoms with Crippen molar-refractivity contribution < 1.29 is 4.42 Å². The van der Waals surface area contributed by atoms with Gasteiger partial charge in [0, 0.05) is 45.7 Å². The third-order valence-corrected chi connectivity index (χ3v) is 11.8. The van der Waals surface area contributed by atoms with E-state index in [2.05, 4.69) is 126 Å². The quantitative estimate of drug-likeness (QED) is 0.153. The number of hydrogen-bond acceptors (Lipinski definition) is 4. The minimum Gasteiger partial charge on any atom is -0.456 e. The topological polar surface area (TPSA) is 55.3 Å². The van der Waals surface area contributed by atoms with Gasteiger partial charge in [-0.05, 0) is 75.1 Å². The minimum absolute atomic E-state index is 0.0977. The normalized spacial score (nSPS) is 15.6. The van der Waals surface area contributed by atoms with E-state index in [-0.39, 0.29) is 6.71 Å². The number of nitrogens with two attached hydrogens (primary N) is 1. The molecule has 50 heavy (non-hydrogen) atoms. The second-order valence-electron chi connectivity index (χ2n) is 14.0. The van der Waals surface area contributed by atoms with Crippen molar-refractivity contribution in [1.82, 2.24) is 4.98 Å². The molecule has 0 atom stereocenters. The first-order chi connectivity index (χ1) is 24.7. The van der Waals surface area contributed by atoms with E-state index in [0.717, 1.165) is 56.7 Å². The van der Waals surface area contributed by atoms with Crippen molar-refractivity contribution in [2.75, 3.05) is 10.6 Å². The molecule has 8 aromatic rings. The second kappa shape index (κ2) is 9.22. The molecule has 232 valence electrons. The number of fused-ring (bicyclic) bond motifs is 10. The Hall–Kier alpha value is -6.33. The van der Waals surface area contributed by atoms with Crippen LogP contribution in [0.1, 0.15) is 33.4 Å². The summed E-state index contributed by atoms with van der Waals surface area (Å²) < 4.78 is 6.48. The van der Waals surface area contributed by atoms with Crippen LogP contribution in [0.5, 0.6) is 0 Å². The molecule has 0 saturated carbocycles. The number of hydrogen-bond donors (Lipinski definition) is 1. The molecule has 0 saturated heterocycles. The number of nitrogens with zero attached hydrogens (tertiary/aromatic N) is 2. The van der Waals surface area contributed by atoms with Gasteiger partial charge in [-0.3, -0.25) is 4.98 Å². The van der Waals surface area contributed by atoms with Crippen LogP contribution in [0.3, 0.4) is 0 Å². The highest BCUT2D eigenvalue weighted by Gasteiger charge is 2.57. The van der Waals surface area contributed by atoms with Crippen molar-refractivity contribution in [2.45, 2.75) is 11.8 Å². The molecule has 0 amide bonds. The van der Waals surface area contributed by atoms with Crippen molar-refractivity contribution in [2.24, 2.45) is 0 Å². The predicted molar refractivity (Wildman–Crippen MR) is 204 cm³/mol. The Morgan fingerprint density at radius 3 is 2.14 bits per heavy atom. The molecule has 1 aliphatic carbocycles. The van der Waals surface area contributed by atoms with Crippen LogP contribution in [0.15, 0.2) is 156 Å². The first-order valence-electron chi connectivity index (χ1n) is 17.3. The molecule has 3 aliphatic heterocycles. The van der Waals surface area contributed by atoms with Gasteiger partial charge < -0.3 is 15.1 Å². The van der Waals surface area contributed by atoms with Gasteiger partial charge in [-0.1, -0.05) is 114 Å². The lowest BCUT2D eigenvalue weighted by molar-refractivity contribution is 0.669. The smallest absolute Gasteiger partial charge is 0.243 e. The van der Waals surface area contributed by atoms with E-state index < -0.39 is 5.41 Å². The molecule has 0 radical (unpaired) electrons. The molecule has 1 spiro atoms. The Labute approximate surface area is 289 Å². The SMILES string of the molecule is Nc1ccccc1C1=C2Cc3cccc4c3B2c2c(cncc2C42c3ccccc3-c3ccccc32)N1c1ccc2c(c1)oc1ccccc12. The van der Waals surface area contributed by atoms with E-state index in [0.29, 0.717) is 0 Å². The number of nitrogen functional groups attached to an aromatic ring is 1. The molecule has 2 aromatic heterocycles. The standard InChI is InChI=1S/C45H28BN3O/c47-38-18-7-3-14-32(38)44-37-22-26-10-9-17-35-42(26)46(37)43-36(45(35)33-15-5-1-11-28(33)29-12-2-6-16-34(29)45)24-48-25-39(43)49(44)27-20-21-31-30-13-4-8-19-40(30)50-41(31)23-27/h1-21,23-25H,22,47H2. The highest BCUT2D eigenvalue weighted by atomic mass is 16.3. The van der Waals surface area contributed by atoms with Gasteiger partial charge in [0.1, 0.15) is 11.2 Å². The number of furan rings is 1. The van der Waals surface area contributed by atoms with E-state index in [4.69, 9.17) is 15.1 Å². The summed E-state index contributed by atoms with van der Waals surface area (Å²) in [6.45, 7) is 0.0977. The van der Waals surface area contributed by atoms with Crippen molar-refractivity contribution in [3.8, 4) is 11.1 Å². The number of aromatic nitrogens is 1. The van der Waals surface area contributed by atoms with Crippen molar-refractivity contribution >= 4 is 62.3 Å². The summed E-state index contributed by atoms with van der Waals surface area (Å²) in [7, 11) is 0. The lowest BCUT2D eigenvalue weighted by atomic mass is 9.31. The molecule has 4 nitrogen and oxygen atoms in total. The maximum atomic E-state index is 6.89. The van der Waals surface area contributed by atoms with E-state index >= 15 is 0 Å². The highest BCUT2D eigenvalue weighted by Crippen LogP contribution is 2.59. The Kier molecular flexibility index (Phi) is 4.90. The van der Waals surface area contributed by atoms with Gasteiger partial charge in [0.15, 0.2) is 0 Å². The van der Waals surface area contributed by atoms with Crippen molar-refractivity contribution in [1.29, 1.82) is 0 Å². The number of pyridine rings is 1. The third kappa shape index (κ3) is 3.04. The summed E-state index contributed by atoms with van der Waals surface area (Å²) in [5.41, 5.74) is 26.6. The lowest BCUT2D eigenvalue weighted by Crippen LogP contribution is -2.58. The van der Waals surface area contributed by atoms with E-state index in [1.807, 2.05) is 24.3 Å². The molecule has 5 heteroatoms. The van der Waals surface area contributed by atoms with Crippen LogP contribution in [0.4, 0.5) is 17.1 Å². The van der Waals surface area contributed by atoms with Crippen molar-refractivity contribution in [3.05, 3.63) is 185 Å². The first-order valence-corrected chi connectivity index (χ1v) is 17.3. The van der Waals surface area contributed by atoms with Gasteiger partial charge in [-0.15, -0.1) is 0 Å². The maximum absolute atomic E-state index is 6.89. The molecule has 0 bridgehead atoms. The van der Waals surface area contributed by atoms with Crippen LogP contribution < -0.4 is 21.6 Å². The molecule has 12 rings (SSSR count). The van der Waals surface area contributed by atoms with Crippen LogP contribution in [0.25, 0.3) is 38.8 Å². The highest BCUT2D eigenvalue weighted by molar-refractivity contribution is 6.95. The second-order valence-corrected chi connectivity index (χ2v) is 14.0. The van der Waals surface area contributed by atoms with E-state index in [9.17, 15) is 0 Å². The van der Waals surface area contributed by atoms with Crippen LogP contribution in [-0.4, -0.2) is 11.7 Å². The molecular weight excluding hydrogens is 609 g/mol. The number of anilines is 3. The molecule has 2 N–H and O–H groups in total. The third-order valence-electron chi connectivity index (χ3n) is 11.8. The molecule has 0 fully saturated rings. The Morgan fingerprint density at radius 2 is 1.32 bits per heavy atom. The Bertz CT molecular complexity index is 2800. The summed E-state index contributed by atoms with van der Waals surface area (Å²) in [5.74, 6) is 0. The first kappa shape index (κ1) is 26.6. The summed E-state index contributed by atoms with van der Waals surface area (Å²) in [4.78, 5) is 7.55. The fraction of sp³-hybridized carbons (Fsp3) is 0.0444. The van der Waals surface area contributed by atoms with Gasteiger partial charge in [0.25, 0.3) is 0 Å². The fourth-order valence-corrected chi connectivity index (χ4v) is 10.0. The van der Waals surface area contributed by atoms with Crippen LogP contribution >= 0.6 is 0 Å². The maximum Gasteiger partial charge on any atom is 0.243 e. The van der Waals surface area contributed by atoms with Gasteiger partial charge in [0.2, 0.25) is 6.71 Å². The van der Waals surface area contributed by atoms with Gasteiger partial charge >= 0.3 is 0 Å². The molecule has 0 unspecified atom stereocenters. The van der Waals surface area contributed by atoms with E-state index in [1.165, 1.54) is 55.3 Å². The van der Waals surface area contributed by atoms with Crippen LogP contribution in [0.2, 0.25) is 0 Å². The summed E-state index contributed by atoms with van der Waals surface area (Å²) in [6.07, 6.45) is 5.08. The number of benzene rings is 6. The zero-order valence-corrected chi connectivity index (χ0v) is 27.0. The van der Waals surface area contributed by atoms with Crippen molar-refractivity contribution in [3.63, 3.8) is 0 Å². The van der Waals surface area contributed by atoms with Crippen LogP contribution in [-0.2, 0) is 11.8 Å². The average molecular weight is 638 g/mol. The van der Waals surface area contributed by atoms with Crippen LogP contribution in [0, 0.1) is 0 Å². The minimum atomic E-state index is -0.486. The fourth-order valence-electron chi connectivity index (χ4n) is 10.0. The molecular formula is C45H28BN3O.